The topological polar surface area (TPSA) is 161 Å². The molecule has 2 aromatic heterocycles. The molecule has 14 heteroatoms. The van der Waals surface area contributed by atoms with E-state index in [4.69, 9.17) is 0 Å². The molecule has 0 bridgehead atoms. The molecule has 6 rings (SSSR count). The van der Waals surface area contributed by atoms with Crippen molar-refractivity contribution in [3.05, 3.63) is 35.4 Å². The number of carbonyl (C=O) groups excluding carboxylic acids is 3. The molecule has 0 unspecified atom stereocenters. The number of hydrogen-bond acceptors (Lipinski definition) is 9. The molecule has 3 N–H and O–H groups in total. The first kappa shape index (κ1) is 23.0. The van der Waals surface area contributed by atoms with E-state index in [-0.39, 0.29) is 23.3 Å². The predicted octanol–water partition coefficient (Wildman–Crippen LogP) is 0.505. The van der Waals surface area contributed by atoms with Crippen molar-refractivity contribution in [1.82, 2.24) is 35.3 Å². The largest absolute Gasteiger partial charge is 0.477 e. The van der Waals surface area contributed by atoms with Crippen molar-refractivity contribution in [3.63, 3.8) is 0 Å². The van der Waals surface area contributed by atoms with E-state index in [0.717, 1.165) is 12.8 Å². The van der Waals surface area contributed by atoms with Gasteiger partial charge in [-0.1, -0.05) is 11.8 Å². The maximum Gasteiger partial charge on any atom is 0.352 e. The van der Waals surface area contributed by atoms with Crippen LogP contribution >= 0.6 is 23.5 Å². The number of carboxylic acids is 1. The van der Waals surface area contributed by atoms with Gasteiger partial charge < -0.3 is 15.3 Å². The molecule has 4 aliphatic rings. The molecule has 0 spiro atoms. The highest BCUT2D eigenvalue weighted by Crippen LogP contribution is 2.42. The van der Waals surface area contributed by atoms with Crippen molar-refractivity contribution in [1.29, 1.82) is 0 Å². The van der Waals surface area contributed by atoms with Crippen molar-refractivity contribution in [2.24, 2.45) is 0 Å². The summed E-state index contributed by atoms with van der Waals surface area (Å²) in [5.41, 5.74) is 1.49. The highest BCUT2D eigenvalue weighted by Gasteiger charge is 2.54. The van der Waals surface area contributed by atoms with Crippen LogP contribution in [0.3, 0.4) is 0 Å². The number of H-pyrrole nitrogens is 1. The summed E-state index contributed by atoms with van der Waals surface area (Å²) >= 11 is 2.58. The van der Waals surface area contributed by atoms with Crippen LogP contribution in [0.1, 0.15) is 19.3 Å². The van der Waals surface area contributed by atoms with Crippen LogP contribution in [-0.4, -0.2) is 94.3 Å². The Kier molecular flexibility index (Phi) is 5.71. The molecule has 12 nitrogen and oxygen atoms in total. The second-order valence-corrected chi connectivity index (χ2v) is 11.0. The Labute approximate surface area is 213 Å². The molecule has 5 heterocycles. The van der Waals surface area contributed by atoms with Crippen LogP contribution in [0.2, 0.25) is 0 Å². The Balaban J connectivity index is 1.13. The van der Waals surface area contributed by atoms with Crippen molar-refractivity contribution >= 4 is 58.2 Å². The van der Waals surface area contributed by atoms with Gasteiger partial charge in [0.2, 0.25) is 11.8 Å². The van der Waals surface area contributed by atoms with Gasteiger partial charge in [-0.2, -0.15) is 5.10 Å². The number of nitrogens with zero attached hydrogens (tertiary/aromatic N) is 5. The predicted molar refractivity (Wildman–Crippen MR) is 130 cm³/mol. The maximum atomic E-state index is 12.9. The third kappa shape index (κ3) is 3.93. The number of aliphatic carboxylic acids is 1. The van der Waals surface area contributed by atoms with E-state index in [0.29, 0.717) is 52.0 Å². The number of β-lactam (4-membered cyclic amide) rings is 1. The first-order chi connectivity index (χ1) is 17.4. The molecule has 0 radical (unpaired) electrons. The van der Waals surface area contributed by atoms with Crippen LogP contribution in [-0.2, 0) is 19.2 Å². The Morgan fingerprint density at radius 1 is 1.31 bits per heavy atom. The highest BCUT2D eigenvalue weighted by molar-refractivity contribution is 8.00. The fraction of sp³-hybridized carbons (Fsp3) is 0.409. The number of carbonyl (C=O) groups is 4. The van der Waals surface area contributed by atoms with Gasteiger partial charge in [0.1, 0.15) is 28.5 Å². The van der Waals surface area contributed by atoms with Gasteiger partial charge in [-0.05, 0) is 30.9 Å². The van der Waals surface area contributed by atoms with Gasteiger partial charge in [-0.15, -0.1) is 11.8 Å². The minimum absolute atomic E-state index is 0.0248. The number of carboxylic acid groups (broad SMARTS) is 1. The van der Waals surface area contributed by atoms with Gasteiger partial charge in [0.15, 0.2) is 5.65 Å². The monoisotopic (exact) mass is 527 g/mol. The molecular formula is C22H21N7O5S2. The highest BCUT2D eigenvalue weighted by atomic mass is 32.2. The molecule has 3 amide bonds. The Hall–Kier alpha value is -3.39. The molecular weight excluding hydrogens is 506 g/mol. The van der Waals surface area contributed by atoms with E-state index in [1.165, 1.54) is 34.8 Å². The number of nitrogens with one attached hydrogen (secondary N) is 2. The fourth-order valence-electron chi connectivity index (χ4n) is 4.67. The standard InChI is InChI=1S/C22H21N7O5S2/c30-14(8-35-18-13-6-25-27-17(13)23-9-24-18)26-15-20(32)29-16(22(33)34)11(7-36-21(15)29)5-10-3-4-28(19(10)31)12-1-2-12/h5-6,9,12,15,21H,1-4,7-8H2,(H,26,30)(H,33,34)(H,23,24,25,27)/t15-,21-/m1/s1. The lowest BCUT2D eigenvalue weighted by atomic mass is 10.0. The lowest BCUT2D eigenvalue weighted by Crippen LogP contribution is -2.70. The third-order valence-electron chi connectivity index (χ3n) is 6.56. The van der Waals surface area contributed by atoms with Gasteiger partial charge in [0.25, 0.3) is 5.91 Å². The molecule has 2 saturated heterocycles. The first-order valence-electron chi connectivity index (χ1n) is 11.4. The summed E-state index contributed by atoms with van der Waals surface area (Å²) < 4.78 is 0. The van der Waals surface area contributed by atoms with Crippen molar-refractivity contribution < 1.29 is 24.3 Å². The molecule has 2 aromatic rings. The number of fused-ring (bicyclic) bond motifs is 2. The molecule has 2 atom stereocenters. The zero-order chi connectivity index (χ0) is 25.0. The SMILES string of the molecule is O=C(CSc1ncnc2[nH]ncc12)N[C@@H]1C(=O)N2C(C(=O)O)=C(C=C3CCN(C4CC4)C3=O)CS[C@H]12. The lowest BCUT2D eigenvalue weighted by molar-refractivity contribution is -0.150. The molecule has 0 aromatic carbocycles. The smallest absolute Gasteiger partial charge is 0.352 e. The number of likely N-dealkylation sites (tertiary alicyclic amines) is 1. The minimum Gasteiger partial charge on any atom is -0.477 e. The Bertz CT molecular complexity index is 1370. The van der Waals surface area contributed by atoms with E-state index < -0.39 is 23.3 Å². The van der Waals surface area contributed by atoms with E-state index >= 15 is 0 Å². The van der Waals surface area contributed by atoms with Crippen LogP contribution < -0.4 is 5.32 Å². The summed E-state index contributed by atoms with van der Waals surface area (Å²) in [5, 5.41) is 20.1. The maximum absolute atomic E-state index is 12.9. The fourth-order valence-corrected chi connectivity index (χ4v) is 6.76. The summed E-state index contributed by atoms with van der Waals surface area (Å²) in [5.74, 6) is -1.75. The number of rotatable bonds is 7. The number of amides is 3. The lowest BCUT2D eigenvalue weighted by Gasteiger charge is -2.49. The molecule has 3 fully saturated rings. The van der Waals surface area contributed by atoms with E-state index in [1.807, 2.05) is 4.90 Å². The summed E-state index contributed by atoms with van der Waals surface area (Å²) in [7, 11) is 0. The average molecular weight is 528 g/mol. The first-order valence-corrected chi connectivity index (χ1v) is 13.4. The number of thioether (sulfide) groups is 2. The summed E-state index contributed by atoms with van der Waals surface area (Å²) in [6.45, 7) is 0.649. The van der Waals surface area contributed by atoms with Crippen molar-refractivity contribution in [2.45, 2.75) is 41.7 Å². The quantitative estimate of drug-likeness (QED) is 0.200. The Morgan fingerprint density at radius 2 is 2.14 bits per heavy atom. The van der Waals surface area contributed by atoms with Gasteiger partial charge >= 0.3 is 5.97 Å². The van der Waals surface area contributed by atoms with Gasteiger partial charge in [-0.3, -0.25) is 24.4 Å². The number of hydrogen-bond donors (Lipinski definition) is 3. The van der Waals surface area contributed by atoms with Crippen LogP contribution in [0, 0.1) is 0 Å². The zero-order valence-corrected chi connectivity index (χ0v) is 20.5. The molecule has 36 heavy (non-hydrogen) atoms. The molecule has 186 valence electrons. The van der Waals surface area contributed by atoms with Crippen LogP contribution in [0.4, 0.5) is 0 Å². The van der Waals surface area contributed by atoms with Gasteiger partial charge in [0.05, 0.1) is 17.3 Å². The molecule has 3 aliphatic heterocycles. The number of aromatic amines is 1. The normalized spacial score (nSPS) is 24.9. The van der Waals surface area contributed by atoms with E-state index in [1.54, 1.807) is 12.3 Å². The van der Waals surface area contributed by atoms with Crippen molar-refractivity contribution in [2.75, 3.05) is 18.1 Å². The Morgan fingerprint density at radius 3 is 2.92 bits per heavy atom. The number of allylic oxidation sites excluding steroid dienone is 1. The second-order valence-electron chi connectivity index (χ2n) is 8.88. The van der Waals surface area contributed by atoms with Crippen LogP contribution in [0.5, 0.6) is 0 Å². The molecule has 1 aliphatic carbocycles. The van der Waals surface area contributed by atoms with Crippen molar-refractivity contribution in [3.8, 4) is 0 Å². The summed E-state index contributed by atoms with van der Waals surface area (Å²) in [6, 6.07) is -0.509. The van der Waals surface area contributed by atoms with E-state index in [9.17, 15) is 24.3 Å². The summed E-state index contributed by atoms with van der Waals surface area (Å²) in [4.78, 5) is 61.6. The van der Waals surface area contributed by atoms with Crippen LogP contribution in [0.15, 0.2) is 40.5 Å². The third-order valence-corrected chi connectivity index (χ3v) is 8.87. The van der Waals surface area contributed by atoms with Crippen LogP contribution in [0.25, 0.3) is 11.0 Å². The van der Waals surface area contributed by atoms with Gasteiger partial charge in [0, 0.05) is 23.9 Å². The summed E-state index contributed by atoms with van der Waals surface area (Å²) in [6.07, 6.45) is 7.20. The average Bonchev–Trinajstić information content (AvgIpc) is 3.48. The van der Waals surface area contributed by atoms with E-state index in [2.05, 4.69) is 25.5 Å². The number of aromatic nitrogens is 4. The minimum atomic E-state index is -1.22. The second kappa shape index (κ2) is 8.92. The zero-order valence-electron chi connectivity index (χ0n) is 18.8. The molecule has 1 saturated carbocycles. The van der Waals surface area contributed by atoms with Gasteiger partial charge in [-0.25, -0.2) is 14.8 Å².